The quantitative estimate of drug-likeness (QED) is 0.813. The Hall–Kier alpha value is -1.06. The third-order valence-corrected chi connectivity index (χ3v) is 5.03. The van der Waals surface area contributed by atoms with Crippen molar-refractivity contribution in [3.63, 3.8) is 0 Å². The second-order valence-electron chi connectivity index (χ2n) is 6.16. The van der Waals surface area contributed by atoms with E-state index in [-0.39, 0.29) is 11.8 Å². The number of rotatable bonds is 2. The first kappa shape index (κ1) is 12.0. The number of nitrogens with zero attached hydrogens (tertiary/aromatic N) is 1. The van der Waals surface area contributed by atoms with Gasteiger partial charge in [-0.05, 0) is 31.1 Å². The number of carboxylic acids is 1. The lowest BCUT2D eigenvalue weighted by atomic mass is 9.75. The van der Waals surface area contributed by atoms with Gasteiger partial charge < -0.3 is 10.0 Å². The molecule has 18 heavy (non-hydrogen) atoms. The van der Waals surface area contributed by atoms with Gasteiger partial charge in [0.05, 0.1) is 11.8 Å². The maximum absolute atomic E-state index is 12.2. The molecule has 2 unspecified atom stereocenters. The van der Waals surface area contributed by atoms with Crippen molar-refractivity contribution in [1.82, 2.24) is 4.90 Å². The van der Waals surface area contributed by atoms with Crippen molar-refractivity contribution in [2.45, 2.75) is 38.5 Å². The van der Waals surface area contributed by atoms with E-state index in [2.05, 4.69) is 0 Å². The molecule has 0 aromatic carbocycles. The van der Waals surface area contributed by atoms with E-state index in [4.69, 9.17) is 5.11 Å². The van der Waals surface area contributed by atoms with Gasteiger partial charge in [0, 0.05) is 13.1 Å². The molecular weight excluding hydrogens is 230 g/mol. The number of aliphatic carboxylic acids is 1. The van der Waals surface area contributed by atoms with Crippen LogP contribution in [0.3, 0.4) is 0 Å². The summed E-state index contributed by atoms with van der Waals surface area (Å²) in [4.78, 5) is 25.0. The van der Waals surface area contributed by atoms with Gasteiger partial charge >= 0.3 is 5.97 Å². The highest BCUT2D eigenvalue weighted by Crippen LogP contribution is 2.42. The van der Waals surface area contributed by atoms with Crippen molar-refractivity contribution >= 4 is 11.9 Å². The number of fused-ring (bicyclic) bond motifs is 1. The van der Waals surface area contributed by atoms with Gasteiger partial charge in [0.25, 0.3) is 0 Å². The Morgan fingerprint density at radius 2 is 1.72 bits per heavy atom. The molecule has 1 amide bonds. The zero-order valence-corrected chi connectivity index (χ0v) is 10.7. The van der Waals surface area contributed by atoms with Crippen LogP contribution in [0, 0.1) is 23.7 Å². The monoisotopic (exact) mass is 251 g/mol. The number of likely N-dealkylation sites (tertiary alicyclic amines) is 1. The van der Waals surface area contributed by atoms with E-state index in [0.717, 1.165) is 25.4 Å². The largest absolute Gasteiger partial charge is 0.481 e. The molecule has 3 rings (SSSR count). The lowest BCUT2D eigenvalue weighted by molar-refractivity contribution is -0.143. The zero-order chi connectivity index (χ0) is 12.7. The van der Waals surface area contributed by atoms with Gasteiger partial charge in [0.15, 0.2) is 0 Å². The van der Waals surface area contributed by atoms with Crippen LogP contribution in [0.1, 0.15) is 38.5 Å². The molecule has 0 bridgehead atoms. The minimum Gasteiger partial charge on any atom is -0.481 e. The molecule has 2 saturated carbocycles. The Morgan fingerprint density at radius 1 is 1.00 bits per heavy atom. The van der Waals surface area contributed by atoms with Crippen LogP contribution in [-0.4, -0.2) is 35.0 Å². The molecule has 1 N–H and O–H groups in total. The van der Waals surface area contributed by atoms with E-state index >= 15 is 0 Å². The summed E-state index contributed by atoms with van der Waals surface area (Å²) in [6, 6.07) is 0. The number of piperidine rings is 1. The zero-order valence-electron chi connectivity index (χ0n) is 10.7. The van der Waals surface area contributed by atoms with Crippen molar-refractivity contribution in [1.29, 1.82) is 0 Å². The Morgan fingerprint density at radius 3 is 2.39 bits per heavy atom. The summed E-state index contributed by atoms with van der Waals surface area (Å²) in [5.41, 5.74) is 0. The Kier molecular flexibility index (Phi) is 3.04. The minimum absolute atomic E-state index is 0.103. The fraction of sp³-hybridized carbons (Fsp3) is 0.857. The van der Waals surface area contributed by atoms with Crippen molar-refractivity contribution < 1.29 is 14.7 Å². The molecule has 4 heteroatoms. The van der Waals surface area contributed by atoms with E-state index in [1.54, 1.807) is 0 Å². The number of amides is 1. The molecule has 100 valence electrons. The molecule has 0 aromatic rings. The molecule has 0 spiro atoms. The lowest BCUT2D eigenvalue weighted by Gasteiger charge is -2.41. The number of hydrogen-bond donors (Lipinski definition) is 1. The summed E-state index contributed by atoms with van der Waals surface area (Å²) in [6.45, 7) is 1.73. The summed E-state index contributed by atoms with van der Waals surface area (Å²) in [6.07, 6.45) is 6.90. The fourth-order valence-corrected chi connectivity index (χ4v) is 3.78. The molecule has 1 heterocycles. The Bertz CT molecular complexity index is 368. The Balaban J connectivity index is 1.57. The summed E-state index contributed by atoms with van der Waals surface area (Å²) in [7, 11) is 0. The fourth-order valence-electron chi connectivity index (χ4n) is 3.78. The van der Waals surface area contributed by atoms with Crippen LogP contribution >= 0.6 is 0 Å². The molecule has 4 atom stereocenters. The lowest BCUT2D eigenvalue weighted by Crippen LogP contribution is -2.45. The van der Waals surface area contributed by atoms with Gasteiger partial charge in [0.2, 0.25) is 5.91 Å². The maximum Gasteiger partial charge on any atom is 0.307 e. The molecule has 0 aromatic heterocycles. The van der Waals surface area contributed by atoms with Gasteiger partial charge in [-0.15, -0.1) is 0 Å². The summed E-state index contributed by atoms with van der Waals surface area (Å²) < 4.78 is 0. The number of carboxylic acid groups (broad SMARTS) is 1. The van der Waals surface area contributed by atoms with Gasteiger partial charge in [-0.2, -0.15) is 0 Å². The van der Waals surface area contributed by atoms with Crippen LogP contribution < -0.4 is 0 Å². The second-order valence-corrected chi connectivity index (χ2v) is 6.16. The summed E-state index contributed by atoms with van der Waals surface area (Å²) in [5.74, 6) is 0.173. The normalized spacial score (nSPS) is 39.0. The second kappa shape index (κ2) is 4.56. The molecule has 1 aliphatic heterocycles. The van der Waals surface area contributed by atoms with E-state index in [1.165, 1.54) is 25.7 Å². The highest BCUT2D eigenvalue weighted by molar-refractivity contribution is 5.89. The first-order valence-electron chi connectivity index (χ1n) is 7.18. The van der Waals surface area contributed by atoms with Gasteiger partial charge in [-0.1, -0.05) is 19.3 Å². The average molecular weight is 251 g/mol. The molecule has 4 nitrogen and oxygen atoms in total. The minimum atomic E-state index is -0.805. The van der Waals surface area contributed by atoms with Crippen LogP contribution in [0.4, 0.5) is 0 Å². The molecular formula is C14H21NO3. The predicted molar refractivity (Wildman–Crippen MR) is 65.9 cm³/mol. The van der Waals surface area contributed by atoms with Gasteiger partial charge in [0.1, 0.15) is 0 Å². The first-order chi connectivity index (χ1) is 8.66. The smallest absolute Gasteiger partial charge is 0.307 e. The van der Waals surface area contributed by atoms with Crippen LogP contribution in [-0.2, 0) is 9.59 Å². The molecule has 3 aliphatic rings. The van der Waals surface area contributed by atoms with Gasteiger partial charge in [-0.25, -0.2) is 0 Å². The number of hydrogen-bond acceptors (Lipinski definition) is 2. The van der Waals surface area contributed by atoms with Crippen LogP contribution in [0.25, 0.3) is 0 Å². The highest BCUT2D eigenvalue weighted by atomic mass is 16.4. The molecule has 0 radical (unpaired) electrons. The number of carbonyl (C=O) groups excluding carboxylic acids is 1. The van der Waals surface area contributed by atoms with Crippen LogP contribution in [0.2, 0.25) is 0 Å². The Labute approximate surface area is 107 Å². The topological polar surface area (TPSA) is 57.6 Å². The first-order valence-corrected chi connectivity index (χ1v) is 7.18. The number of carbonyl (C=O) groups is 2. The standard InChI is InChI=1S/C14H21NO3/c16-13(11-7-12(11)14(17)18)15-6-5-9-3-1-2-4-10(9)8-15/h9-12H,1-8H2,(H,17,18)/t9?,10?,11-,12+/m1/s1. The third kappa shape index (κ3) is 2.13. The van der Waals surface area contributed by atoms with E-state index in [0.29, 0.717) is 12.3 Å². The summed E-state index contributed by atoms with van der Waals surface area (Å²) >= 11 is 0. The SMILES string of the molecule is O=C(O)[C@H]1C[C@H]1C(=O)N1CCC2CCCCC2C1. The van der Waals surface area contributed by atoms with Crippen molar-refractivity contribution in [3.05, 3.63) is 0 Å². The van der Waals surface area contributed by atoms with E-state index < -0.39 is 11.9 Å². The van der Waals surface area contributed by atoms with Crippen LogP contribution in [0.5, 0.6) is 0 Å². The van der Waals surface area contributed by atoms with Crippen LogP contribution in [0.15, 0.2) is 0 Å². The molecule has 3 fully saturated rings. The van der Waals surface area contributed by atoms with Gasteiger partial charge in [-0.3, -0.25) is 9.59 Å². The summed E-state index contributed by atoms with van der Waals surface area (Å²) in [5, 5.41) is 8.89. The molecule has 1 saturated heterocycles. The average Bonchev–Trinajstić information content (AvgIpc) is 3.17. The molecule has 2 aliphatic carbocycles. The van der Waals surface area contributed by atoms with E-state index in [1.807, 2.05) is 4.90 Å². The van der Waals surface area contributed by atoms with Crippen molar-refractivity contribution in [2.24, 2.45) is 23.7 Å². The maximum atomic E-state index is 12.2. The predicted octanol–water partition coefficient (Wildman–Crippen LogP) is 1.75. The third-order valence-electron chi connectivity index (χ3n) is 5.03. The van der Waals surface area contributed by atoms with E-state index in [9.17, 15) is 9.59 Å². The van der Waals surface area contributed by atoms with Crippen molar-refractivity contribution in [3.8, 4) is 0 Å². The van der Waals surface area contributed by atoms with Crippen molar-refractivity contribution in [2.75, 3.05) is 13.1 Å². The highest BCUT2D eigenvalue weighted by Gasteiger charge is 2.50.